The number of ether oxygens (including phenoxy) is 1. The second kappa shape index (κ2) is 9.79. The topological polar surface area (TPSA) is 58.6 Å². The first-order valence-corrected chi connectivity index (χ1v) is 10.8. The molecule has 0 bridgehead atoms. The zero-order chi connectivity index (χ0) is 21.7. The average molecular weight is 409 g/mol. The maximum Gasteiger partial charge on any atom is 0.229 e. The zero-order valence-corrected chi connectivity index (χ0v) is 18.4. The van der Waals surface area contributed by atoms with E-state index in [2.05, 4.69) is 18.3 Å². The fraction of sp³-hybridized carbons (Fsp3) is 0.440. The summed E-state index contributed by atoms with van der Waals surface area (Å²) in [5.41, 5.74) is 3.91. The molecule has 0 saturated carbocycles. The number of benzene rings is 2. The van der Waals surface area contributed by atoms with Gasteiger partial charge in [0.05, 0.1) is 19.1 Å². The van der Waals surface area contributed by atoms with Gasteiger partial charge in [-0.15, -0.1) is 0 Å². The number of methoxy groups -OCH3 is 1. The fourth-order valence-corrected chi connectivity index (χ4v) is 4.29. The predicted molar refractivity (Wildman–Crippen MR) is 120 cm³/mol. The highest BCUT2D eigenvalue weighted by molar-refractivity contribution is 5.95. The van der Waals surface area contributed by atoms with Crippen molar-refractivity contribution < 1.29 is 14.3 Å². The van der Waals surface area contributed by atoms with Gasteiger partial charge in [-0.05, 0) is 44.4 Å². The van der Waals surface area contributed by atoms with E-state index < -0.39 is 0 Å². The molecule has 2 aromatic rings. The second-order valence-corrected chi connectivity index (χ2v) is 8.08. The molecule has 2 aromatic carbocycles. The Morgan fingerprint density at radius 3 is 2.67 bits per heavy atom. The fourth-order valence-electron chi connectivity index (χ4n) is 4.29. The van der Waals surface area contributed by atoms with E-state index in [0.717, 1.165) is 35.2 Å². The normalized spacial score (nSPS) is 18.9. The number of anilines is 1. The summed E-state index contributed by atoms with van der Waals surface area (Å²) in [5.74, 6) is 0.432. The standard InChI is InChI=1S/C25H32N2O3/c1-5-6-15-27-23(28)14-12-20(24(27)19-9-7-8-10-22(19)30-4)25(29)26-21-13-11-17(2)16-18(21)3/h7-11,13,16,20,24H,5-6,12,14-15H2,1-4H3,(H,26,29)/t20-,24+/m1/s1. The lowest BCUT2D eigenvalue weighted by Gasteiger charge is -2.41. The largest absolute Gasteiger partial charge is 0.496 e. The minimum absolute atomic E-state index is 0.0492. The monoisotopic (exact) mass is 408 g/mol. The van der Waals surface area contributed by atoms with Crippen molar-refractivity contribution in [1.82, 2.24) is 4.90 Å². The highest BCUT2D eigenvalue weighted by Crippen LogP contribution is 2.41. The molecular formula is C25H32N2O3. The van der Waals surface area contributed by atoms with Gasteiger partial charge in [-0.25, -0.2) is 0 Å². The van der Waals surface area contributed by atoms with Crippen LogP contribution in [0.5, 0.6) is 5.75 Å². The van der Waals surface area contributed by atoms with Crippen LogP contribution in [0.4, 0.5) is 5.69 Å². The first kappa shape index (κ1) is 21.9. The van der Waals surface area contributed by atoms with Gasteiger partial charge < -0.3 is 15.0 Å². The van der Waals surface area contributed by atoms with Gasteiger partial charge >= 0.3 is 0 Å². The van der Waals surface area contributed by atoms with E-state index in [1.807, 2.05) is 55.1 Å². The molecule has 5 nitrogen and oxygen atoms in total. The number of aryl methyl sites for hydroxylation is 2. The van der Waals surface area contributed by atoms with Crippen LogP contribution in [0.25, 0.3) is 0 Å². The summed E-state index contributed by atoms with van der Waals surface area (Å²) in [6, 6.07) is 13.4. The first-order valence-electron chi connectivity index (χ1n) is 10.8. The molecule has 0 aliphatic carbocycles. The molecule has 5 heteroatoms. The van der Waals surface area contributed by atoms with Crippen molar-refractivity contribution in [2.24, 2.45) is 5.92 Å². The Kier molecular flexibility index (Phi) is 7.14. The molecule has 1 N–H and O–H groups in total. The number of nitrogens with one attached hydrogen (secondary N) is 1. The van der Waals surface area contributed by atoms with E-state index >= 15 is 0 Å². The van der Waals surface area contributed by atoms with E-state index in [-0.39, 0.29) is 23.8 Å². The maximum atomic E-state index is 13.4. The number of carbonyl (C=O) groups is 2. The van der Waals surface area contributed by atoms with Crippen LogP contribution in [0, 0.1) is 19.8 Å². The SMILES string of the molecule is CCCCN1C(=O)CC[C@@H](C(=O)Nc2ccc(C)cc2C)[C@@H]1c1ccccc1OC. The van der Waals surface area contributed by atoms with Crippen molar-refractivity contribution in [3.8, 4) is 5.75 Å². The first-order chi connectivity index (χ1) is 14.5. The Hall–Kier alpha value is -2.82. The van der Waals surface area contributed by atoms with Gasteiger partial charge in [0.1, 0.15) is 5.75 Å². The zero-order valence-electron chi connectivity index (χ0n) is 18.4. The molecule has 0 spiro atoms. The van der Waals surface area contributed by atoms with Crippen LogP contribution in [-0.4, -0.2) is 30.4 Å². The molecule has 0 radical (unpaired) electrons. The van der Waals surface area contributed by atoms with Crippen molar-refractivity contribution in [2.75, 3.05) is 19.0 Å². The molecule has 1 aliphatic rings. The third-order valence-corrected chi connectivity index (χ3v) is 5.89. The number of rotatable bonds is 7. The summed E-state index contributed by atoms with van der Waals surface area (Å²) in [7, 11) is 1.63. The van der Waals surface area contributed by atoms with E-state index in [4.69, 9.17) is 4.74 Å². The van der Waals surface area contributed by atoms with Crippen LogP contribution in [0.2, 0.25) is 0 Å². The van der Waals surface area contributed by atoms with Crippen LogP contribution in [0.3, 0.4) is 0 Å². The number of likely N-dealkylation sites (tertiary alicyclic amines) is 1. The van der Waals surface area contributed by atoms with Gasteiger partial charge in [0.25, 0.3) is 0 Å². The minimum atomic E-state index is -0.337. The van der Waals surface area contributed by atoms with E-state index in [1.165, 1.54) is 0 Å². The van der Waals surface area contributed by atoms with Crippen LogP contribution >= 0.6 is 0 Å². The summed E-state index contributed by atoms with van der Waals surface area (Å²) >= 11 is 0. The molecule has 1 aliphatic heterocycles. The molecule has 1 heterocycles. The van der Waals surface area contributed by atoms with Gasteiger partial charge in [0.15, 0.2) is 0 Å². The summed E-state index contributed by atoms with van der Waals surface area (Å²) in [4.78, 5) is 28.2. The van der Waals surface area contributed by atoms with Crippen molar-refractivity contribution in [2.45, 2.75) is 52.5 Å². The molecule has 30 heavy (non-hydrogen) atoms. The molecule has 2 atom stereocenters. The Morgan fingerprint density at radius 2 is 1.97 bits per heavy atom. The molecule has 1 saturated heterocycles. The number of nitrogens with zero attached hydrogens (tertiary/aromatic N) is 1. The third-order valence-electron chi connectivity index (χ3n) is 5.89. The van der Waals surface area contributed by atoms with Crippen molar-refractivity contribution >= 4 is 17.5 Å². The number of unbranched alkanes of at least 4 members (excludes halogenated alkanes) is 1. The van der Waals surface area contributed by atoms with Crippen LogP contribution < -0.4 is 10.1 Å². The molecule has 1 fully saturated rings. The smallest absolute Gasteiger partial charge is 0.229 e. The van der Waals surface area contributed by atoms with Gasteiger partial charge in [-0.3, -0.25) is 9.59 Å². The van der Waals surface area contributed by atoms with Crippen LogP contribution in [0.1, 0.15) is 55.3 Å². The van der Waals surface area contributed by atoms with E-state index in [0.29, 0.717) is 25.1 Å². The number of amides is 2. The average Bonchev–Trinajstić information content (AvgIpc) is 2.74. The summed E-state index contributed by atoms with van der Waals surface area (Å²) in [6.07, 6.45) is 2.81. The van der Waals surface area contributed by atoms with Crippen molar-refractivity contribution in [3.63, 3.8) is 0 Å². The number of para-hydroxylation sites is 1. The number of hydrogen-bond acceptors (Lipinski definition) is 3. The lowest BCUT2D eigenvalue weighted by Crippen LogP contribution is -2.47. The van der Waals surface area contributed by atoms with Crippen LogP contribution in [0.15, 0.2) is 42.5 Å². The number of piperidine rings is 1. The molecule has 3 rings (SSSR count). The Bertz CT molecular complexity index is 909. The Labute approximate surface area is 179 Å². The highest BCUT2D eigenvalue weighted by atomic mass is 16.5. The quantitative estimate of drug-likeness (QED) is 0.699. The Balaban J connectivity index is 1.97. The van der Waals surface area contributed by atoms with E-state index in [1.54, 1.807) is 7.11 Å². The molecule has 0 aromatic heterocycles. The highest BCUT2D eigenvalue weighted by Gasteiger charge is 2.41. The lowest BCUT2D eigenvalue weighted by atomic mass is 9.83. The summed E-state index contributed by atoms with van der Waals surface area (Å²) in [6.45, 7) is 6.79. The molecule has 2 amide bonds. The maximum absolute atomic E-state index is 13.4. The van der Waals surface area contributed by atoms with Gasteiger partial charge in [0, 0.05) is 24.2 Å². The molecular weight excluding hydrogens is 376 g/mol. The van der Waals surface area contributed by atoms with Crippen LogP contribution in [-0.2, 0) is 9.59 Å². The lowest BCUT2D eigenvalue weighted by molar-refractivity contribution is -0.142. The minimum Gasteiger partial charge on any atom is -0.496 e. The van der Waals surface area contributed by atoms with E-state index in [9.17, 15) is 9.59 Å². The molecule has 0 unspecified atom stereocenters. The van der Waals surface area contributed by atoms with Gasteiger partial charge in [-0.1, -0.05) is 49.2 Å². The third kappa shape index (κ3) is 4.66. The van der Waals surface area contributed by atoms with Gasteiger partial charge in [-0.2, -0.15) is 0 Å². The Morgan fingerprint density at radius 1 is 1.20 bits per heavy atom. The predicted octanol–water partition coefficient (Wildman–Crippen LogP) is 5.03. The second-order valence-electron chi connectivity index (χ2n) is 8.08. The number of hydrogen-bond donors (Lipinski definition) is 1. The van der Waals surface area contributed by atoms with Gasteiger partial charge in [0.2, 0.25) is 11.8 Å². The number of carbonyl (C=O) groups excluding carboxylic acids is 2. The summed E-state index contributed by atoms with van der Waals surface area (Å²) < 4.78 is 5.60. The summed E-state index contributed by atoms with van der Waals surface area (Å²) in [5, 5.41) is 3.12. The van der Waals surface area contributed by atoms with Crippen molar-refractivity contribution in [3.05, 3.63) is 59.2 Å². The molecule has 160 valence electrons. The van der Waals surface area contributed by atoms with Crippen molar-refractivity contribution in [1.29, 1.82) is 0 Å².